The molecule has 4 aliphatic rings. The van der Waals surface area contributed by atoms with Crippen molar-refractivity contribution in [2.75, 3.05) is 13.7 Å². The molecule has 0 aromatic carbocycles. The second kappa shape index (κ2) is 9.97. The lowest BCUT2D eigenvalue weighted by Gasteiger charge is -2.27. The van der Waals surface area contributed by atoms with Gasteiger partial charge in [0.15, 0.2) is 5.88 Å². The summed E-state index contributed by atoms with van der Waals surface area (Å²) in [5, 5.41) is 3.63. The quantitative estimate of drug-likeness (QED) is 0.301. The van der Waals surface area contributed by atoms with Crippen molar-refractivity contribution in [1.82, 2.24) is 29.2 Å². The molecule has 4 aromatic heterocycles. The molecule has 8 rings (SSSR count). The highest BCUT2D eigenvalue weighted by molar-refractivity contribution is 5.96. The number of halogens is 2. The fraction of sp³-hybridized carbons (Fsp3) is 0.515. The maximum atomic E-state index is 13.7. The molecule has 3 saturated carbocycles. The fourth-order valence-electron chi connectivity index (χ4n) is 7.45. The number of hydrogen-bond donors (Lipinski definition) is 2. The molecular weight excluding hydrogens is 580 g/mol. The van der Waals surface area contributed by atoms with Crippen LogP contribution in [0.1, 0.15) is 66.8 Å². The lowest BCUT2D eigenvalue weighted by molar-refractivity contribution is -0.125. The van der Waals surface area contributed by atoms with E-state index in [0.29, 0.717) is 41.2 Å². The summed E-state index contributed by atoms with van der Waals surface area (Å²) in [5.41, 5.74) is 11.4. The topological polar surface area (TPSA) is 120 Å². The van der Waals surface area contributed by atoms with Crippen LogP contribution in [0.4, 0.5) is 8.78 Å². The SMILES string of the molecule is COc1cc(C(=O)N2CC3CCC2[C@@H]3N)cc2nc(-c3cc4ccc([C@@H](C)NC(=O)[C@H]5CC5(F)F)nc4n3CC3CC3)c(C)n12. The Bertz CT molecular complexity index is 1880. The number of imidazole rings is 1. The third-order valence-electron chi connectivity index (χ3n) is 10.4. The van der Waals surface area contributed by atoms with E-state index in [9.17, 15) is 18.4 Å². The van der Waals surface area contributed by atoms with Crippen molar-refractivity contribution < 1.29 is 23.1 Å². The Morgan fingerprint density at radius 3 is 2.58 bits per heavy atom. The fourth-order valence-corrected chi connectivity index (χ4v) is 7.45. The van der Waals surface area contributed by atoms with Crippen molar-refractivity contribution in [2.24, 2.45) is 23.5 Å². The molecule has 4 aromatic rings. The van der Waals surface area contributed by atoms with Crippen LogP contribution in [0.3, 0.4) is 0 Å². The minimum absolute atomic E-state index is 0.0320. The highest BCUT2D eigenvalue weighted by Gasteiger charge is 2.61. The zero-order valence-corrected chi connectivity index (χ0v) is 25.6. The Kier molecular flexibility index (Phi) is 6.30. The predicted molar refractivity (Wildman–Crippen MR) is 163 cm³/mol. The van der Waals surface area contributed by atoms with Gasteiger partial charge in [-0.05, 0) is 75.6 Å². The van der Waals surface area contributed by atoms with E-state index in [1.54, 1.807) is 20.1 Å². The molecule has 1 saturated heterocycles. The number of carbonyl (C=O) groups is 2. The van der Waals surface area contributed by atoms with Crippen LogP contribution in [0.25, 0.3) is 28.1 Å². The number of nitrogens with two attached hydrogens (primary N) is 1. The van der Waals surface area contributed by atoms with Crippen LogP contribution >= 0.6 is 0 Å². The molecule has 4 fully saturated rings. The Labute approximate surface area is 258 Å². The van der Waals surface area contributed by atoms with Crippen molar-refractivity contribution in [1.29, 1.82) is 0 Å². The van der Waals surface area contributed by atoms with Gasteiger partial charge in [-0.25, -0.2) is 18.7 Å². The number of aryl methyl sites for hydroxylation is 1. The number of fused-ring (bicyclic) bond motifs is 4. The molecule has 236 valence electrons. The van der Waals surface area contributed by atoms with Gasteiger partial charge >= 0.3 is 0 Å². The van der Waals surface area contributed by atoms with Gasteiger partial charge < -0.3 is 25.3 Å². The van der Waals surface area contributed by atoms with E-state index in [0.717, 1.165) is 60.3 Å². The Morgan fingerprint density at radius 2 is 1.93 bits per heavy atom. The van der Waals surface area contributed by atoms with E-state index in [1.165, 1.54) is 0 Å². The van der Waals surface area contributed by atoms with Crippen LogP contribution in [0, 0.1) is 24.7 Å². The van der Waals surface area contributed by atoms with E-state index in [-0.39, 0.29) is 18.0 Å². The Morgan fingerprint density at radius 1 is 1.16 bits per heavy atom. The lowest BCUT2D eigenvalue weighted by atomic mass is 10.1. The lowest BCUT2D eigenvalue weighted by Crippen LogP contribution is -2.41. The first-order valence-corrected chi connectivity index (χ1v) is 15.9. The summed E-state index contributed by atoms with van der Waals surface area (Å²) in [6.07, 6.45) is 3.86. The number of ether oxygens (including phenoxy) is 1. The van der Waals surface area contributed by atoms with Crippen molar-refractivity contribution in [3.63, 3.8) is 0 Å². The maximum Gasteiger partial charge on any atom is 0.260 e. The van der Waals surface area contributed by atoms with Gasteiger partial charge in [0, 0.05) is 48.6 Å². The van der Waals surface area contributed by atoms with E-state index in [2.05, 4.69) is 16.0 Å². The highest BCUT2D eigenvalue weighted by Crippen LogP contribution is 2.49. The van der Waals surface area contributed by atoms with Crippen LogP contribution in [-0.4, -0.2) is 67.3 Å². The van der Waals surface area contributed by atoms with E-state index in [4.69, 9.17) is 20.4 Å². The van der Waals surface area contributed by atoms with Crippen LogP contribution in [0.2, 0.25) is 0 Å². The zero-order chi connectivity index (χ0) is 31.4. The summed E-state index contributed by atoms with van der Waals surface area (Å²) in [6.45, 7) is 5.19. The zero-order valence-electron chi connectivity index (χ0n) is 25.6. The first-order valence-electron chi connectivity index (χ1n) is 15.9. The van der Waals surface area contributed by atoms with Crippen molar-refractivity contribution >= 4 is 28.5 Å². The van der Waals surface area contributed by atoms with Crippen molar-refractivity contribution in [3.8, 4) is 17.3 Å². The molecule has 2 bridgehead atoms. The summed E-state index contributed by atoms with van der Waals surface area (Å²) >= 11 is 0. The van der Waals surface area contributed by atoms with Gasteiger partial charge in [0.1, 0.15) is 22.9 Å². The maximum absolute atomic E-state index is 13.7. The first-order chi connectivity index (χ1) is 21.5. The number of pyridine rings is 2. The number of hydrogen-bond acceptors (Lipinski definition) is 6. The van der Waals surface area contributed by atoms with Gasteiger partial charge in [-0.15, -0.1) is 0 Å². The molecule has 45 heavy (non-hydrogen) atoms. The largest absolute Gasteiger partial charge is 0.482 e. The normalized spacial score (nSPS) is 25.7. The number of rotatable bonds is 8. The smallest absolute Gasteiger partial charge is 0.260 e. The van der Waals surface area contributed by atoms with Crippen LogP contribution in [0.15, 0.2) is 30.3 Å². The van der Waals surface area contributed by atoms with E-state index in [1.807, 2.05) is 34.4 Å². The Hall–Kier alpha value is -4.06. The second-order valence-corrected chi connectivity index (χ2v) is 13.4. The summed E-state index contributed by atoms with van der Waals surface area (Å²) in [7, 11) is 1.59. The summed E-state index contributed by atoms with van der Waals surface area (Å²) in [4.78, 5) is 38.0. The number of methoxy groups -OCH3 is 1. The third kappa shape index (κ3) is 4.59. The van der Waals surface area contributed by atoms with Crippen LogP contribution < -0.4 is 15.8 Å². The predicted octanol–water partition coefficient (Wildman–Crippen LogP) is 4.47. The van der Waals surface area contributed by atoms with Gasteiger partial charge in [-0.1, -0.05) is 0 Å². The molecule has 5 heterocycles. The number of likely N-dealkylation sites (tertiary alicyclic amines) is 1. The molecule has 0 spiro atoms. The number of alkyl halides is 2. The molecule has 3 N–H and O–H groups in total. The molecule has 0 radical (unpaired) electrons. The van der Waals surface area contributed by atoms with Gasteiger partial charge in [-0.2, -0.15) is 0 Å². The van der Waals surface area contributed by atoms with Crippen molar-refractivity contribution in [2.45, 2.75) is 76.5 Å². The van der Waals surface area contributed by atoms with Gasteiger partial charge in [-0.3, -0.25) is 14.0 Å². The molecule has 2 unspecified atom stereocenters. The molecule has 1 aliphatic heterocycles. The first kappa shape index (κ1) is 28.4. The number of nitrogens with zero attached hydrogens (tertiary/aromatic N) is 5. The molecule has 12 heteroatoms. The molecule has 2 amide bonds. The van der Waals surface area contributed by atoms with Gasteiger partial charge in [0.05, 0.1) is 30.2 Å². The summed E-state index contributed by atoms with van der Waals surface area (Å²) < 4.78 is 36.8. The number of piperidine rings is 1. The standard InChI is InChI=1S/C33H37F2N7O3/c1-16(37-31(43)22-13-33(22,34)35)23-8-6-19-10-25(40(30(19)38-23)14-18-4-5-18)29-17(2)42-26(39-29)11-21(12-27(42)45-3)32(44)41-15-20-7-9-24(41)28(20)36/h6,8,10-12,16,18,20,22,24,28H,4-5,7,9,13-15,36H2,1-3H3,(H,37,43)/t16-,20?,22-,24?,28-/m1/s1. The molecule has 5 atom stereocenters. The molecule has 3 aliphatic carbocycles. The summed E-state index contributed by atoms with van der Waals surface area (Å²) in [6, 6.07) is 9.05. The minimum Gasteiger partial charge on any atom is -0.482 e. The third-order valence-corrected chi connectivity index (χ3v) is 10.4. The second-order valence-electron chi connectivity index (χ2n) is 13.4. The molecular formula is C33H37F2N7O3. The van der Waals surface area contributed by atoms with Gasteiger partial charge in [0.2, 0.25) is 5.91 Å². The van der Waals surface area contributed by atoms with Crippen LogP contribution in [-0.2, 0) is 11.3 Å². The monoisotopic (exact) mass is 617 g/mol. The Balaban J connectivity index is 1.17. The summed E-state index contributed by atoms with van der Waals surface area (Å²) in [5.74, 6) is -3.46. The minimum atomic E-state index is -2.92. The number of amides is 2. The van der Waals surface area contributed by atoms with Crippen molar-refractivity contribution in [3.05, 3.63) is 47.3 Å². The van der Waals surface area contributed by atoms with Crippen LogP contribution in [0.5, 0.6) is 5.88 Å². The van der Waals surface area contributed by atoms with Gasteiger partial charge in [0.25, 0.3) is 11.8 Å². The number of aromatic nitrogens is 4. The number of nitrogens with one attached hydrogen (secondary N) is 1. The average molecular weight is 618 g/mol. The average Bonchev–Trinajstić information content (AvgIpc) is 3.80. The van der Waals surface area contributed by atoms with E-state index >= 15 is 0 Å². The van der Waals surface area contributed by atoms with E-state index < -0.39 is 30.2 Å². The highest BCUT2D eigenvalue weighted by atomic mass is 19.3. The number of carbonyl (C=O) groups excluding carboxylic acids is 2. The molecule has 10 nitrogen and oxygen atoms in total.